The second-order valence-corrected chi connectivity index (χ2v) is 3.05. The maximum atomic E-state index is 4.27. The Labute approximate surface area is 73.0 Å². The van der Waals surface area contributed by atoms with Crippen LogP contribution in [-0.4, -0.2) is 15.5 Å². The molecule has 0 fully saturated rings. The molecule has 1 aromatic rings. The van der Waals surface area contributed by atoms with Crippen molar-refractivity contribution in [3.05, 3.63) is 18.5 Å². The number of nitrogens with zero attached hydrogens (tertiary/aromatic N) is 2. The molecule has 11 heavy (non-hydrogen) atoms. The first-order valence-electron chi connectivity index (χ1n) is 3.95. The lowest BCUT2D eigenvalue weighted by Crippen LogP contribution is -2.11. The lowest BCUT2D eigenvalue weighted by molar-refractivity contribution is 0.446. The Morgan fingerprint density at radius 1 is 1.64 bits per heavy atom. The number of thiol groups is 1. The van der Waals surface area contributed by atoms with E-state index >= 15 is 0 Å². The molecule has 0 amide bonds. The Bertz CT molecular complexity index is 180. The molecule has 0 aliphatic rings. The topological polar surface area (TPSA) is 17.8 Å². The molecule has 1 unspecified atom stereocenters. The van der Waals surface area contributed by atoms with Crippen molar-refractivity contribution in [2.75, 3.05) is 5.75 Å². The molecular formula is C8H14N2S. The van der Waals surface area contributed by atoms with Crippen molar-refractivity contribution in [3.8, 4) is 0 Å². The highest BCUT2D eigenvalue weighted by Crippen LogP contribution is 2.06. The van der Waals surface area contributed by atoms with Crippen molar-refractivity contribution in [3.63, 3.8) is 0 Å². The van der Waals surface area contributed by atoms with Crippen molar-refractivity contribution in [1.82, 2.24) is 9.78 Å². The first-order valence-corrected chi connectivity index (χ1v) is 4.58. The highest BCUT2D eigenvalue weighted by Gasteiger charge is 2.03. The summed E-state index contributed by atoms with van der Waals surface area (Å²) in [4.78, 5) is 0. The molecule has 1 atom stereocenters. The van der Waals surface area contributed by atoms with Gasteiger partial charge in [0.05, 0.1) is 0 Å². The lowest BCUT2D eigenvalue weighted by Gasteiger charge is -2.10. The van der Waals surface area contributed by atoms with Crippen LogP contribution in [0.25, 0.3) is 0 Å². The molecule has 0 aromatic carbocycles. The van der Waals surface area contributed by atoms with Crippen molar-refractivity contribution in [2.24, 2.45) is 5.92 Å². The summed E-state index contributed by atoms with van der Waals surface area (Å²) in [5.41, 5.74) is 0. The van der Waals surface area contributed by atoms with Crippen LogP contribution < -0.4 is 0 Å². The highest BCUT2D eigenvalue weighted by atomic mass is 32.1. The largest absolute Gasteiger partial charge is 0.272 e. The van der Waals surface area contributed by atoms with Gasteiger partial charge >= 0.3 is 0 Å². The van der Waals surface area contributed by atoms with Gasteiger partial charge in [0.15, 0.2) is 0 Å². The first-order chi connectivity index (χ1) is 5.36. The number of aromatic nitrogens is 2. The second kappa shape index (κ2) is 4.44. The molecule has 1 aromatic heterocycles. The third kappa shape index (κ3) is 2.58. The summed E-state index contributed by atoms with van der Waals surface area (Å²) in [6.07, 6.45) is 4.97. The van der Waals surface area contributed by atoms with E-state index in [0.29, 0.717) is 5.92 Å². The molecule has 2 nitrogen and oxygen atoms in total. The van der Waals surface area contributed by atoms with Gasteiger partial charge < -0.3 is 0 Å². The number of hydrogen-bond acceptors (Lipinski definition) is 2. The van der Waals surface area contributed by atoms with Gasteiger partial charge in [0.25, 0.3) is 0 Å². The molecule has 0 N–H and O–H groups in total. The van der Waals surface area contributed by atoms with E-state index in [0.717, 1.165) is 12.3 Å². The summed E-state index contributed by atoms with van der Waals surface area (Å²) in [6, 6.07) is 1.95. The Morgan fingerprint density at radius 2 is 2.45 bits per heavy atom. The monoisotopic (exact) mass is 170 g/mol. The van der Waals surface area contributed by atoms with Gasteiger partial charge in [0.2, 0.25) is 0 Å². The van der Waals surface area contributed by atoms with E-state index in [1.165, 1.54) is 6.42 Å². The van der Waals surface area contributed by atoms with Crippen LogP contribution in [0.3, 0.4) is 0 Å². The van der Waals surface area contributed by atoms with Gasteiger partial charge in [-0.25, -0.2) is 0 Å². The molecule has 0 spiro atoms. The molecule has 1 heterocycles. The predicted octanol–water partition coefficient (Wildman–Crippen LogP) is 1.84. The van der Waals surface area contributed by atoms with Crippen molar-refractivity contribution in [2.45, 2.75) is 19.9 Å². The molecule has 1 rings (SSSR count). The summed E-state index contributed by atoms with van der Waals surface area (Å²) < 4.78 is 1.96. The average molecular weight is 170 g/mol. The Balaban J connectivity index is 2.41. The van der Waals surface area contributed by atoms with Gasteiger partial charge in [-0.15, -0.1) is 0 Å². The summed E-state index contributed by atoms with van der Waals surface area (Å²) in [7, 11) is 0. The van der Waals surface area contributed by atoms with Crippen LogP contribution in [0.2, 0.25) is 0 Å². The fourth-order valence-corrected chi connectivity index (χ4v) is 1.36. The van der Waals surface area contributed by atoms with Gasteiger partial charge in [-0.2, -0.15) is 17.7 Å². The predicted molar refractivity (Wildman–Crippen MR) is 49.9 cm³/mol. The van der Waals surface area contributed by atoms with Gasteiger partial charge in [0, 0.05) is 18.9 Å². The van der Waals surface area contributed by atoms with Crippen molar-refractivity contribution >= 4 is 12.6 Å². The summed E-state index contributed by atoms with van der Waals surface area (Å²) in [5, 5.41) is 4.13. The molecule has 0 bridgehead atoms. The smallest absolute Gasteiger partial charge is 0.0489 e. The van der Waals surface area contributed by atoms with E-state index < -0.39 is 0 Å². The zero-order valence-corrected chi connectivity index (χ0v) is 7.67. The van der Waals surface area contributed by atoms with E-state index in [-0.39, 0.29) is 0 Å². The van der Waals surface area contributed by atoms with Crippen LogP contribution in [0.4, 0.5) is 0 Å². The minimum atomic E-state index is 0.651. The van der Waals surface area contributed by atoms with Crippen LogP contribution in [0.15, 0.2) is 18.5 Å². The van der Waals surface area contributed by atoms with E-state index in [4.69, 9.17) is 0 Å². The number of rotatable bonds is 4. The lowest BCUT2D eigenvalue weighted by atomic mass is 10.1. The molecule has 0 saturated carbocycles. The maximum Gasteiger partial charge on any atom is 0.0489 e. The van der Waals surface area contributed by atoms with Crippen LogP contribution in [0.1, 0.15) is 13.3 Å². The quantitative estimate of drug-likeness (QED) is 0.683. The van der Waals surface area contributed by atoms with Crippen LogP contribution in [0, 0.1) is 5.92 Å². The molecule has 62 valence electrons. The van der Waals surface area contributed by atoms with E-state index in [2.05, 4.69) is 24.7 Å². The Morgan fingerprint density at radius 3 is 2.91 bits per heavy atom. The number of hydrogen-bond donors (Lipinski definition) is 1. The minimum Gasteiger partial charge on any atom is -0.272 e. The van der Waals surface area contributed by atoms with Crippen molar-refractivity contribution in [1.29, 1.82) is 0 Å². The highest BCUT2D eigenvalue weighted by molar-refractivity contribution is 7.80. The summed E-state index contributed by atoms with van der Waals surface area (Å²) >= 11 is 4.27. The van der Waals surface area contributed by atoms with E-state index in [9.17, 15) is 0 Å². The SMILES string of the molecule is CCC(CS)Cn1cccn1. The standard InChI is InChI=1S/C8H14N2S/c1-2-8(7-11)6-10-5-3-4-9-10/h3-5,8,11H,2,6-7H2,1H3. The van der Waals surface area contributed by atoms with Crippen LogP contribution in [-0.2, 0) is 6.54 Å². The van der Waals surface area contributed by atoms with Crippen molar-refractivity contribution < 1.29 is 0 Å². The Kier molecular flexibility index (Phi) is 3.49. The third-order valence-electron chi connectivity index (χ3n) is 1.84. The normalized spacial score (nSPS) is 13.3. The molecule has 0 aliphatic carbocycles. The minimum absolute atomic E-state index is 0.651. The zero-order chi connectivity index (χ0) is 8.10. The fourth-order valence-electron chi connectivity index (χ4n) is 0.989. The third-order valence-corrected chi connectivity index (χ3v) is 2.36. The van der Waals surface area contributed by atoms with Gasteiger partial charge in [0.1, 0.15) is 0 Å². The second-order valence-electron chi connectivity index (χ2n) is 2.68. The summed E-state index contributed by atoms with van der Waals surface area (Å²) in [5.74, 6) is 1.59. The van der Waals surface area contributed by atoms with Gasteiger partial charge in [-0.05, 0) is 17.7 Å². The Hall–Kier alpha value is -0.440. The molecule has 0 radical (unpaired) electrons. The van der Waals surface area contributed by atoms with Gasteiger partial charge in [-0.1, -0.05) is 13.3 Å². The molecular weight excluding hydrogens is 156 g/mol. The zero-order valence-electron chi connectivity index (χ0n) is 6.77. The van der Waals surface area contributed by atoms with Gasteiger partial charge in [-0.3, -0.25) is 4.68 Å². The molecule has 0 saturated heterocycles. The average Bonchev–Trinajstić information content (AvgIpc) is 2.52. The maximum absolute atomic E-state index is 4.27. The molecule has 0 aliphatic heterocycles. The summed E-state index contributed by atoms with van der Waals surface area (Å²) in [6.45, 7) is 3.18. The van der Waals surface area contributed by atoms with Crippen LogP contribution >= 0.6 is 12.6 Å². The van der Waals surface area contributed by atoms with E-state index in [1.807, 2.05) is 23.1 Å². The fraction of sp³-hybridized carbons (Fsp3) is 0.625. The van der Waals surface area contributed by atoms with Crippen LogP contribution in [0.5, 0.6) is 0 Å². The van der Waals surface area contributed by atoms with E-state index in [1.54, 1.807) is 0 Å². The molecule has 3 heteroatoms. The first kappa shape index (κ1) is 8.65.